The largest absolute Gasteiger partial charge is 0.305 e. The Balaban J connectivity index is 0.000000156. The SMILES string of the molecule is Cc1cc[c-]c2c3ncccc3c3ccnn3c12.[Ir].[c-]1ccccc1-c1ccccn1. The zero-order valence-electron chi connectivity index (χ0n) is 16.8. The molecule has 0 fully saturated rings. The molecule has 0 unspecified atom stereocenters. The topological polar surface area (TPSA) is 43.1 Å². The van der Waals surface area contributed by atoms with E-state index in [9.17, 15) is 0 Å². The summed E-state index contributed by atoms with van der Waals surface area (Å²) in [6, 6.07) is 30.2. The average molecular weight is 579 g/mol. The molecule has 0 spiro atoms. The fraction of sp³-hybridized carbons (Fsp3) is 0.0385. The number of hydrogen-bond donors (Lipinski definition) is 0. The van der Waals surface area contributed by atoms with Gasteiger partial charge in [0, 0.05) is 38.7 Å². The molecule has 1 radical (unpaired) electrons. The summed E-state index contributed by atoms with van der Waals surface area (Å²) in [6.45, 7) is 2.09. The molecule has 0 N–H and O–H groups in total. The first-order valence-corrected chi connectivity index (χ1v) is 9.72. The first-order valence-electron chi connectivity index (χ1n) is 9.72. The van der Waals surface area contributed by atoms with Crippen LogP contribution in [0.2, 0.25) is 0 Å². The molecule has 0 aliphatic carbocycles. The van der Waals surface area contributed by atoms with Crippen molar-refractivity contribution in [3.05, 3.63) is 109 Å². The van der Waals surface area contributed by atoms with E-state index < -0.39 is 0 Å². The average Bonchev–Trinajstić information content (AvgIpc) is 3.31. The molecular formula is C26H18IrN4-2. The Morgan fingerprint density at radius 2 is 1.65 bits per heavy atom. The summed E-state index contributed by atoms with van der Waals surface area (Å²) in [6.07, 6.45) is 5.44. The fourth-order valence-corrected chi connectivity index (χ4v) is 3.62. The summed E-state index contributed by atoms with van der Waals surface area (Å²) in [5, 5.41) is 6.57. The molecule has 0 aliphatic rings. The summed E-state index contributed by atoms with van der Waals surface area (Å²) < 4.78 is 1.98. The van der Waals surface area contributed by atoms with Gasteiger partial charge in [-0.1, -0.05) is 30.5 Å². The maximum atomic E-state index is 4.51. The van der Waals surface area contributed by atoms with Crippen molar-refractivity contribution in [3.63, 3.8) is 0 Å². The van der Waals surface area contributed by atoms with E-state index >= 15 is 0 Å². The van der Waals surface area contributed by atoms with Crippen molar-refractivity contribution < 1.29 is 20.1 Å². The number of hydrogen-bond acceptors (Lipinski definition) is 3. The number of fused-ring (bicyclic) bond motifs is 6. The van der Waals surface area contributed by atoms with Gasteiger partial charge in [0.25, 0.3) is 0 Å². The second-order valence-corrected chi connectivity index (χ2v) is 6.90. The van der Waals surface area contributed by atoms with Crippen LogP contribution < -0.4 is 0 Å². The van der Waals surface area contributed by atoms with Gasteiger partial charge in [0.15, 0.2) is 0 Å². The van der Waals surface area contributed by atoms with Crippen LogP contribution in [0.4, 0.5) is 0 Å². The molecule has 6 rings (SSSR count). The minimum atomic E-state index is 0. The third-order valence-electron chi connectivity index (χ3n) is 5.00. The number of pyridine rings is 3. The van der Waals surface area contributed by atoms with E-state index in [4.69, 9.17) is 0 Å². The van der Waals surface area contributed by atoms with E-state index in [2.05, 4.69) is 46.3 Å². The Labute approximate surface area is 194 Å². The molecule has 4 heterocycles. The van der Waals surface area contributed by atoms with Gasteiger partial charge < -0.3 is 9.97 Å². The van der Waals surface area contributed by atoms with Gasteiger partial charge in [-0.15, -0.1) is 59.7 Å². The van der Waals surface area contributed by atoms with Gasteiger partial charge in [-0.2, -0.15) is 5.10 Å². The molecule has 2 aromatic carbocycles. The molecule has 31 heavy (non-hydrogen) atoms. The number of benzene rings is 2. The fourth-order valence-electron chi connectivity index (χ4n) is 3.62. The van der Waals surface area contributed by atoms with Crippen LogP contribution in [0.1, 0.15) is 5.56 Å². The summed E-state index contributed by atoms with van der Waals surface area (Å²) in [5.41, 5.74) is 6.36. The summed E-state index contributed by atoms with van der Waals surface area (Å²) in [5.74, 6) is 0. The maximum Gasteiger partial charge on any atom is 0.0564 e. The van der Waals surface area contributed by atoms with Crippen molar-refractivity contribution in [2.45, 2.75) is 6.92 Å². The predicted octanol–water partition coefficient (Wildman–Crippen LogP) is 5.69. The van der Waals surface area contributed by atoms with Crippen molar-refractivity contribution in [2.75, 3.05) is 0 Å². The molecule has 153 valence electrons. The number of nitrogens with zero attached hydrogens (tertiary/aromatic N) is 4. The van der Waals surface area contributed by atoms with Gasteiger partial charge in [0.05, 0.1) is 5.52 Å². The second kappa shape index (κ2) is 9.17. The zero-order chi connectivity index (χ0) is 20.3. The molecule has 0 atom stereocenters. The van der Waals surface area contributed by atoms with Crippen LogP contribution in [-0.4, -0.2) is 19.6 Å². The Kier molecular flexibility index (Phi) is 6.17. The zero-order valence-corrected chi connectivity index (χ0v) is 19.2. The Morgan fingerprint density at radius 1 is 0.774 bits per heavy atom. The van der Waals surface area contributed by atoms with Crippen LogP contribution in [0.3, 0.4) is 0 Å². The van der Waals surface area contributed by atoms with E-state index in [0.29, 0.717) is 0 Å². The molecule has 5 heteroatoms. The van der Waals surface area contributed by atoms with E-state index in [1.54, 1.807) is 6.20 Å². The molecule has 0 bridgehead atoms. The van der Waals surface area contributed by atoms with E-state index in [1.165, 1.54) is 5.56 Å². The van der Waals surface area contributed by atoms with Gasteiger partial charge in [-0.25, -0.2) is 0 Å². The summed E-state index contributed by atoms with van der Waals surface area (Å²) in [7, 11) is 0. The normalized spacial score (nSPS) is 10.5. The maximum absolute atomic E-state index is 4.51. The van der Waals surface area contributed by atoms with Crippen LogP contribution in [0, 0.1) is 19.1 Å². The molecule has 0 amide bonds. The molecule has 0 saturated heterocycles. The number of aromatic nitrogens is 4. The van der Waals surface area contributed by atoms with E-state index in [0.717, 1.165) is 38.6 Å². The van der Waals surface area contributed by atoms with Gasteiger partial charge in [-0.3, -0.25) is 4.52 Å². The number of rotatable bonds is 1. The van der Waals surface area contributed by atoms with Gasteiger partial charge in [0.2, 0.25) is 0 Å². The predicted molar refractivity (Wildman–Crippen MR) is 120 cm³/mol. The Morgan fingerprint density at radius 3 is 2.45 bits per heavy atom. The Hall–Kier alpha value is -3.40. The molecular weight excluding hydrogens is 561 g/mol. The minimum absolute atomic E-state index is 0. The third-order valence-corrected chi connectivity index (χ3v) is 5.00. The smallest absolute Gasteiger partial charge is 0.0564 e. The van der Waals surface area contributed by atoms with E-state index in [-0.39, 0.29) is 20.1 Å². The second-order valence-electron chi connectivity index (χ2n) is 6.90. The molecule has 4 aromatic heterocycles. The first-order chi connectivity index (χ1) is 14.8. The molecule has 0 aliphatic heterocycles. The minimum Gasteiger partial charge on any atom is -0.305 e. The van der Waals surface area contributed by atoms with Crippen molar-refractivity contribution in [2.24, 2.45) is 0 Å². The standard InChI is InChI=1S/C15H10N3.C11H8N.Ir/c1-10-4-2-5-12-14-11(6-3-8-16-14)13-7-9-17-18(13)15(10)12;1-2-6-10(7-3-1)11-8-4-5-9-12-11;/h2-4,6-9H,1H3;1-6,8-9H;/q2*-1;. The molecule has 4 nitrogen and oxygen atoms in total. The monoisotopic (exact) mass is 579 g/mol. The van der Waals surface area contributed by atoms with Gasteiger partial charge in [0.1, 0.15) is 0 Å². The van der Waals surface area contributed by atoms with Crippen LogP contribution in [0.15, 0.2) is 91.4 Å². The summed E-state index contributed by atoms with van der Waals surface area (Å²) >= 11 is 0. The van der Waals surface area contributed by atoms with E-state index in [1.807, 2.05) is 77.6 Å². The van der Waals surface area contributed by atoms with Gasteiger partial charge in [-0.05, 0) is 40.3 Å². The quantitative estimate of drug-likeness (QED) is 0.186. The van der Waals surface area contributed by atoms with Crippen LogP contribution in [0.25, 0.3) is 38.6 Å². The molecule has 0 saturated carbocycles. The molecule has 6 aromatic rings. The van der Waals surface area contributed by atoms with Crippen LogP contribution in [-0.2, 0) is 20.1 Å². The van der Waals surface area contributed by atoms with Crippen molar-refractivity contribution >= 4 is 27.3 Å². The van der Waals surface area contributed by atoms with Crippen LogP contribution >= 0.6 is 0 Å². The Bertz CT molecular complexity index is 1410. The van der Waals surface area contributed by atoms with Crippen molar-refractivity contribution in [1.29, 1.82) is 0 Å². The van der Waals surface area contributed by atoms with Gasteiger partial charge >= 0.3 is 0 Å². The first kappa shape index (κ1) is 20.9. The van der Waals surface area contributed by atoms with Crippen LogP contribution in [0.5, 0.6) is 0 Å². The number of aryl methyl sites for hydroxylation is 1. The summed E-state index contributed by atoms with van der Waals surface area (Å²) in [4.78, 5) is 8.73. The van der Waals surface area contributed by atoms with Crippen molar-refractivity contribution in [3.8, 4) is 11.3 Å². The van der Waals surface area contributed by atoms with Crippen molar-refractivity contribution in [1.82, 2.24) is 19.6 Å². The third kappa shape index (κ3) is 3.98.